The Balaban J connectivity index is 0.00000133. The number of hydrogen-bond acceptors (Lipinski definition) is 2. The summed E-state index contributed by atoms with van der Waals surface area (Å²) in [4.78, 5) is 14.3. The number of benzene rings is 2. The molecule has 0 aliphatic carbocycles. The van der Waals surface area contributed by atoms with E-state index < -0.39 is 11.3 Å². The molecule has 0 bridgehead atoms. The van der Waals surface area contributed by atoms with Crippen LogP contribution >= 0.6 is 0 Å². The number of aromatic amines is 1. The summed E-state index contributed by atoms with van der Waals surface area (Å²) in [5.74, 6) is -0.486. The van der Waals surface area contributed by atoms with Crippen LogP contribution in [0.3, 0.4) is 0 Å². The summed E-state index contributed by atoms with van der Waals surface area (Å²) in [6, 6.07) is 16.6. The number of fused-ring (bicyclic) bond motifs is 1. The Kier molecular flexibility index (Phi) is 4.10. The Bertz CT molecular complexity index is 766. The van der Waals surface area contributed by atoms with Crippen molar-refractivity contribution in [2.24, 2.45) is 0 Å². The molecule has 0 amide bonds. The third-order valence-corrected chi connectivity index (χ3v) is 2.94. The van der Waals surface area contributed by atoms with E-state index in [9.17, 15) is 9.90 Å². The van der Waals surface area contributed by atoms with Crippen LogP contribution in [0.15, 0.2) is 59.4 Å². The van der Waals surface area contributed by atoms with Gasteiger partial charge in [-0.25, -0.2) is 0 Å². The summed E-state index contributed by atoms with van der Waals surface area (Å²) >= 11 is 0. The van der Waals surface area contributed by atoms with Gasteiger partial charge in [0.15, 0.2) is 0 Å². The molecule has 19 heavy (non-hydrogen) atoms. The molecule has 0 aliphatic heterocycles. The minimum Gasteiger partial charge on any atom is -0.868 e. The summed E-state index contributed by atoms with van der Waals surface area (Å²) in [6.07, 6.45) is 0. The molecule has 88 valence electrons. The summed E-state index contributed by atoms with van der Waals surface area (Å²) in [7, 11) is 0. The zero-order valence-electron chi connectivity index (χ0n) is 10.5. The SMILES string of the molecule is O=c1[nH]c2ccccc2c(-c2ccccc2)c1[O-].[Na+]. The standard InChI is InChI=1S/C15H11NO2.Na/c17-14-13(10-6-2-1-3-7-10)11-8-4-5-9-12(11)16-15(14)18;/h1-9,17H,(H,16,18);/q;+1/p-1. The van der Waals surface area contributed by atoms with Gasteiger partial charge >= 0.3 is 29.6 Å². The maximum atomic E-state index is 12.0. The van der Waals surface area contributed by atoms with E-state index in [0.29, 0.717) is 11.1 Å². The smallest absolute Gasteiger partial charge is 0.868 e. The van der Waals surface area contributed by atoms with Gasteiger partial charge in [-0.05, 0) is 22.9 Å². The molecule has 3 aromatic rings. The summed E-state index contributed by atoms with van der Waals surface area (Å²) in [5.41, 5.74) is 1.34. The van der Waals surface area contributed by atoms with Gasteiger partial charge in [0.25, 0.3) is 0 Å². The molecule has 1 N–H and O–H groups in total. The Morgan fingerprint density at radius 3 is 2.26 bits per heavy atom. The van der Waals surface area contributed by atoms with Crippen molar-refractivity contribution in [1.82, 2.24) is 4.98 Å². The minimum absolute atomic E-state index is 0. The van der Waals surface area contributed by atoms with Crippen LogP contribution in [0.1, 0.15) is 0 Å². The van der Waals surface area contributed by atoms with Gasteiger partial charge in [0.1, 0.15) is 0 Å². The van der Waals surface area contributed by atoms with E-state index in [4.69, 9.17) is 0 Å². The average Bonchev–Trinajstić information content (AvgIpc) is 2.41. The maximum Gasteiger partial charge on any atom is 1.00 e. The van der Waals surface area contributed by atoms with Crippen molar-refractivity contribution in [3.8, 4) is 16.9 Å². The fraction of sp³-hybridized carbons (Fsp3) is 0. The van der Waals surface area contributed by atoms with Gasteiger partial charge in [-0.15, -0.1) is 0 Å². The number of para-hydroxylation sites is 1. The number of hydrogen-bond donors (Lipinski definition) is 1. The van der Waals surface area contributed by atoms with E-state index in [1.54, 1.807) is 6.07 Å². The van der Waals surface area contributed by atoms with Crippen molar-refractivity contribution < 1.29 is 34.7 Å². The monoisotopic (exact) mass is 259 g/mol. The van der Waals surface area contributed by atoms with Crippen molar-refractivity contribution >= 4 is 10.9 Å². The van der Waals surface area contributed by atoms with Crippen LogP contribution in [0, 0.1) is 0 Å². The second-order valence-electron chi connectivity index (χ2n) is 4.07. The van der Waals surface area contributed by atoms with Crippen LogP contribution in [-0.2, 0) is 0 Å². The quantitative estimate of drug-likeness (QED) is 0.586. The van der Waals surface area contributed by atoms with Crippen LogP contribution in [0.5, 0.6) is 5.75 Å². The molecule has 0 atom stereocenters. The van der Waals surface area contributed by atoms with Crippen LogP contribution in [-0.4, -0.2) is 4.98 Å². The predicted molar refractivity (Wildman–Crippen MR) is 69.5 cm³/mol. The Hall–Kier alpha value is -1.55. The number of nitrogens with one attached hydrogen (secondary N) is 1. The molecule has 0 unspecified atom stereocenters. The Labute approximate surface area is 132 Å². The molecule has 4 heteroatoms. The molecular weight excluding hydrogens is 249 g/mol. The first-order chi connectivity index (χ1) is 8.77. The fourth-order valence-electron chi connectivity index (χ4n) is 2.12. The molecule has 1 heterocycles. The van der Waals surface area contributed by atoms with Gasteiger partial charge in [0.05, 0.1) is 0 Å². The van der Waals surface area contributed by atoms with Crippen molar-refractivity contribution in [3.63, 3.8) is 0 Å². The fourth-order valence-corrected chi connectivity index (χ4v) is 2.12. The third-order valence-electron chi connectivity index (χ3n) is 2.94. The van der Waals surface area contributed by atoms with Crippen LogP contribution in [0.25, 0.3) is 22.0 Å². The maximum absolute atomic E-state index is 12.0. The molecule has 2 aromatic carbocycles. The van der Waals surface area contributed by atoms with E-state index >= 15 is 0 Å². The molecule has 0 saturated carbocycles. The van der Waals surface area contributed by atoms with Crippen molar-refractivity contribution in [2.75, 3.05) is 0 Å². The second kappa shape index (κ2) is 5.61. The first-order valence-electron chi connectivity index (χ1n) is 5.65. The molecule has 3 rings (SSSR count). The zero-order chi connectivity index (χ0) is 12.5. The number of H-pyrrole nitrogens is 1. The third kappa shape index (κ3) is 2.45. The zero-order valence-corrected chi connectivity index (χ0v) is 12.5. The van der Waals surface area contributed by atoms with Crippen molar-refractivity contribution in [2.45, 2.75) is 0 Å². The Morgan fingerprint density at radius 2 is 1.53 bits per heavy atom. The molecule has 1 aromatic heterocycles. The topological polar surface area (TPSA) is 55.9 Å². The van der Waals surface area contributed by atoms with Crippen LogP contribution < -0.4 is 40.2 Å². The number of aromatic nitrogens is 1. The first kappa shape index (κ1) is 13.9. The first-order valence-corrected chi connectivity index (χ1v) is 5.65. The van der Waals surface area contributed by atoms with Crippen LogP contribution in [0.2, 0.25) is 0 Å². The molecule has 0 aliphatic rings. The predicted octanol–water partition coefficient (Wildman–Crippen LogP) is -0.727. The molecule has 0 fully saturated rings. The number of rotatable bonds is 1. The molecule has 0 saturated heterocycles. The van der Waals surface area contributed by atoms with Gasteiger partial charge in [-0.2, -0.15) is 0 Å². The number of pyridine rings is 1. The molecule has 0 spiro atoms. The van der Waals surface area contributed by atoms with Crippen LogP contribution in [0.4, 0.5) is 0 Å². The minimum atomic E-state index is -0.576. The summed E-state index contributed by atoms with van der Waals surface area (Å²) in [5, 5.41) is 12.8. The van der Waals surface area contributed by atoms with E-state index in [1.165, 1.54) is 0 Å². The molecule has 0 radical (unpaired) electrons. The summed E-state index contributed by atoms with van der Waals surface area (Å²) < 4.78 is 0. The Morgan fingerprint density at radius 1 is 0.895 bits per heavy atom. The van der Waals surface area contributed by atoms with Gasteiger partial charge in [-0.1, -0.05) is 48.5 Å². The molecular formula is C15H10NNaO2. The average molecular weight is 259 g/mol. The van der Waals surface area contributed by atoms with E-state index in [0.717, 1.165) is 10.9 Å². The van der Waals surface area contributed by atoms with E-state index in [2.05, 4.69) is 4.98 Å². The van der Waals surface area contributed by atoms with Crippen molar-refractivity contribution in [3.05, 3.63) is 65.0 Å². The summed E-state index contributed by atoms with van der Waals surface area (Å²) in [6.45, 7) is 0. The van der Waals surface area contributed by atoms with Gasteiger partial charge < -0.3 is 10.1 Å². The largest absolute Gasteiger partial charge is 1.00 e. The van der Waals surface area contributed by atoms with Crippen molar-refractivity contribution in [1.29, 1.82) is 0 Å². The van der Waals surface area contributed by atoms with Gasteiger partial charge in [0.2, 0.25) is 5.56 Å². The normalized spacial score (nSPS) is 10.1. The van der Waals surface area contributed by atoms with E-state index in [1.807, 2.05) is 48.5 Å². The van der Waals surface area contributed by atoms with E-state index in [-0.39, 0.29) is 29.6 Å². The van der Waals surface area contributed by atoms with Gasteiger partial charge in [-0.3, -0.25) is 4.79 Å². The van der Waals surface area contributed by atoms with Gasteiger partial charge in [0, 0.05) is 10.9 Å². The second-order valence-corrected chi connectivity index (χ2v) is 4.07. The molecule has 3 nitrogen and oxygen atoms in total.